The molecule has 0 aliphatic rings. The zero-order valence-corrected chi connectivity index (χ0v) is 19.9. The molecule has 2 aromatic carbocycles. The van der Waals surface area contributed by atoms with Crippen LogP contribution >= 0.6 is 0 Å². The Morgan fingerprint density at radius 1 is 1.21 bits per heavy atom. The van der Waals surface area contributed by atoms with Crippen LogP contribution in [-0.4, -0.2) is 43.1 Å². The van der Waals surface area contributed by atoms with E-state index in [1.807, 2.05) is 31.7 Å². The SMILES string of the molecule is CCn1c(-c2ccccc2F)nc2cc(NC(C)=O)cc(C(=O)N(C)Cc3cn(C)nc3C)c21. The Kier molecular flexibility index (Phi) is 6.19. The van der Waals surface area contributed by atoms with Crippen molar-refractivity contribution in [1.29, 1.82) is 0 Å². The second kappa shape index (κ2) is 9.09. The number of aromatic nitrogens is 4. The first-order valence-electron chi connectivity index (χ1n) is 11.0. The quantitative estimate of drug-likeness (QED) is 0.467. The Bertz CT molecular complexity index is 1400. The molecule has 0 saturated carbocycles. The fourth-order valence-electron chi connectivity index (χ4n) is 4.20. The number of anilines is 1. The maximum absolute atomic E-state index is 14.6. The van der Waals surface area contributed by atoms with Gasteiger partial charge >= 0.3 is 0 Å². The second-order valence-electron chi connectivity index (χ2n) is 8.31. The van der Waals surface area contributed by atoms with E-state index in [4.69, 9.17) is 0 Å². The molecule has 0 unspecified atom stereocenters. The first kappa shape index (κ1) is 23.2. The predicted molar refractivity (Wildman–Crippen MR) is 129 cm³/mol. The lowest BCUT2D eigenvalue weighted by atomic mass is 10.1. The summed E-state index contributed by atoms with van der Waals surface area (Å²) in [4.78, 5) is 31.7. The fourth-order valence-corrected chi connectivity index (χ4v) is 4.20. The summed E-state index contributed by atoms with van der Waals surface area (Å²) in [6.07, 6.45) is 1.88. The van der Waals surface area contributed by atoms with Gasteiger partial charge in [0.2, 0.25) is 5.91 Å². The van der Waals surface area contributed by atoms with Crippen LogP contribution < -0.4 is 5.32 Å². The molecule has 0 fully saturated rings. The second-order valence-corrected chi connectivity index (χ2v) is 8.31. The van der Waals surface area contributed by atoms with E-state index < -0.39 is 5.82 Å². The molecule has 0 aliphatic carbocycles. The van der Waals surface area contributed by atoms with Gasteiger partial charge in [0.15, 0.2) is 0 Å². The van der Waals surface area contributed by atoms with Crippen molar-refractivity contribution in [3.8, 4) is 11.4 Å². The number of benzene rings is 2. The van der Waals surface area contributed by atoms with Gasteiger partial charge in [0.05, 0.1) is 27.9 Å². The number of carbonyl (C=O) groups excluding carboxylic acids is 2. The maximum Gasteiger partial charge on any atom is 0.256 e. The van der Waals surface area contributed by atoms with Gasteiger partial charge in [-0.2, -0.15) is 5.10 Å². The van der Waals surface area contributed by atoms with Gasteiger partial charge in [-0.05, 0) is 38.1 Å². The van der Waals surface area contributed by atoms with E-state index in [1.165, 1.54) is 13.0 Å². The summed E-state index contributed by atoms with van der Waals surface area (Å²) in [7, 11) is 3.55. The number of amides is 2. The van der Waals surface area contributed by atoms with E-state index in [9.17, 15) is 14.0 Å². The molecule has 176 valence electrons. The van der Waals surface area contributed by atoms with Crippen molar-refractivity contribution in [3.05, 3.63) is 65.2 Å². The van der Waals surface area contributed by atoms with Gasteiger partial charge in [0, 0.05) is 51.6 Å². The van der Waals surface area contributed by atoms with Gasteiger partial charge in [0.25, 0.3) is 5.91 Å². The Morgan fingerprint density at radius 3 is 2.56 bits per heavy atom. The van der Waals surface area contributed by atoms with Gasteiger partial charge < -0.3 is 14.8 Å². The number of halogens is 1. The predicted octanol–water partition coefficient (Wildman–Crippen LogP) is 4.13. The molecule has 0 radical (unpaired) electrons. The van der Waals surface area contributed by atoms with Crippen molar-refractivity contribution in [2.45, 2.75) is 33.9 Å². The molecule has 34 heavy (non-hydrogen) atoms. The van der Waals surface area contributed by atoms with Gasteiger partial charge in [-0.25, -0.2) is 9.37 Å². The lowest BCUT2D eigenvalue weighted by Crippen LogP contribution is -2.27. The molecule has 0 atom stereocenters. The monoisotopic (exact) mass is 462 g/mol. The van der Waals surface area contributed by atoms with Crippen LogP contribution in [0.1, 0.15) is 35.5 Å². The normalized spacial score (nSPS) is 11.1. The van der Waals surface area contributed by atoms with E-state index in [2.05, 4.69) is 15.4 Å². The van der Waals surface area contributed by atoms with Gasteiger partial charge in [-0.1, -0.05) is 12.1 Å². The van der Waals surface area contributed by atoms with Crippen molar-refractivity contribution in [3.63, 3.8) is 0 Å². The van der Waals surface area contributed by atoms with Crippen LogP contribution in [0, 0.1) is 12.7 Å². The number of imidazole rings is 1. The van der Waals surface area contributed by atoms with Crippen LogP contribution in [0.25, 0.3) is 22.4 Å². The van der Waals surface area contributed by atoms with Crippen molar-refractivity contribution < 1.29 is 14.0 Å². The summed E-state index contributed by atoms with van der Waals surface area (Å²) < 4.78 is 18.2. The van der Waals surface area contributed by atoms with E-state index >= 15 is 0 Å². The van der Waals surface area contributed by atoms with Crippen LogP contribution in [0.5, 0.6) is 0 Å². The number of hydrogen-bond donors (Lipinski definition) is 1. The Morgan fingerprint density at radius 2 is 1.94 bits per heavy atom. The molecule has 2 heterocycles. The Balaban J connectivity index is 1.88. The third kappa shape index (κ3) is 4.28. The lowest BCUT2D eigenvalue weighted by molar-refractivity contribution is -0.114. The van der Waals surface area contributed by atoms with Crippen molar-refractivity contribution in [2.24, 2.45) is 7.05 Å². The minimum Gasteiger partial charge on any atom is -0.337 e. The van der Waals surface area contributed by atoms with Crippen LogP contribution in [0.2, 0.25) is 0 Å². The average Bonchev–Trinajstić information content (AvgIpc) is 3.30. The number of rotatable bonds is 6. The molecule has 9 heteroatoms. The van der Waals surface area contributed by atoms with Crippen LogP contribution in [-0.2, 0) is 24.9 Å². The minimum absolute atomic E-state index is 0.241. The number of carbonyl (C=O) groups is 2. The molecule has 0 spiro atoms. The van der Waals surface area contributed by atoms with Gasteiger partial charge in [-0.3, -0.25) is 14.3 Å². The van der Waals surface area contributed by atoms with Crippen LogP contribution in [0.3, 0.4) is 0 Å². The Labute approximate surface area is 197 Å². The van der Waals surface area contributed by atoms with Crippen molar-refractivity contribution >= 4 is 28.5 Å². The van der Waals surface area contributed by atoms with E-state index in [1.54, 1.807) is 47.0 Å². The number of nitrogens with zero attached hydrogens (tertiary/aromatic N) is 5. The summed E-state index contributed by atoms with van der Waals surface area (Å²) in [6.45, 7) is 6.06. The lowest BCUT2D eigenvalue weighted by Gasteiger charge is -2.19. The topological polar surface area (TPSA) is 85.0 Å². The fraction of sp³-hybridized carbons (Fsp3) is 0.280. The largest absolute Gasteiger partial charge is 0.337 e. The molecule has 4 aromatic rings. The molecular weight excluding hydrogens is 435 g/mol. The molecule has 2 aromatic heterocycles. The molecule has 0 bridgehead atoms. The summed E-state index contributed by atoms with van der Waals surface area (Å²) in [5.74, 6) is -0.474. The number of nitrogens with one attached hydrogen (secondary N) is 1. The molecule has 1 N–H and O–H groups in total. The third-order valence-electron chi connectivity index (χ3n) is 5.69. The molecule has 4 rings (SSSR count). The van der Waals surface area contributed by atoms with Crippen molar-refractivity contribution in [1.82, 2.24) is 24.2 Å². The molecule has 0 saturated heterocycles. The average molecular weight is 463 g/mol. The minimum atomic E-state index is -0.397. The molecule has 8 nitrogen and oxygen atoms in total. The van der Waals surface area contributed by atoms with E-state index in [0.717, 1.165) is 11.3 Å². The summed E-state index contributed by atoms with van der Waals surface area (Å²) in [5.41, 5.74) is 4.05. The number of aryl methyl sites for hydroxylation is 3. The zero-order valence-electron chi connectivity index (χ0n) is 19.9. The highest BCUT2D eigenvalue weighted by Crippen LogP contribution is 2.32. The van der Waals surface area contributed by atoms with E-state index in [0.29, 0.717) is 46.8 Å². The summed E-state index contributed by atoms with van der Waals surface area (Å²) in [6, 6.07) is 9.77. The van der Waals surface area contributed by atoms with Crippen molar-refractivity contribution in [2.75, 3.05) is 12.4 Å². The molecule has 2 amide bonds. The molecule has 0 aliphatic heterocycles. The van der Waals surface area contributed by atoms with Crippen LogP contribution in [0.4, 0.5) is 10.1 Å². The van der Waals surface area contributed by atoms with Crippen LogP contribution in [0.15, 0.2) is 42.6 Å². The highest BCUT2D eigenvalue weighted by molar-refractivity contribution is 6.08. The Hall–Kier alpha value is -4.01. The highest BCUT2D eigenvalue weighted by atomic mass is 19.1. The smallest absolute Gasteiger partial charge is 0.256 e. The third-order valence-corrected chi connectivity index (χ3v) is 5.69. The standard InChI is InChI=1S/C25H27FN6O2/c1-6-32-23-20(25(34)30(4)13-17-14-31(5)29-15(17)2)11-18(27-16(3)33)12-22(23)28-24(32)19-9-7-8-10-21(19)26/h7-12,14H,6,13H2,1-5H3,(H,27,33). The first-order valence-corrected chi connectivity index (χ1v) is 11.0. The summed E-state index contributed by atoms with van der Waals surface area (Å²) in [5, 5.41) is 7.09. The number of hydrogen-bond acceptors (Lipinski definition) is 4. The molecular formula is C25H27FN6O2. The summed E-state index contributed by atoms with van der Waals surface area (Å²) >= 11 is 0. The number of fused-ring (bicyclic) bond motifs is 1. The van der Waals surface area contributed by atoms with Gasteiger partial charge in [0.1, 0.15) is 11.6 Å². The highest BCUT2D eigenvalue weighted by Gasteiger charge is 2.24. The van der Waals surface area contributed by atoms with E-state index in [-0.39, 0.29) is 11.8 Å². The maximum atomic E-state index is 14.6. The first-order chi connectivity index (χ1) is 16.2. The zero-order chi connectivity index (χ0) is 24.6. The van der Waals surface area contributed by atoms with Gasteiger partial charge in [-0.15, -0.1) is 0 Å².